The van der Waals surface area contributed by atoms with Crippen LogP contribution in [0.15, 0.2) is 41.3 Å². The number of hydrogen-bond acceptors (Lipinski definition) is 4. The Morgan fingerprint density at radius 1 is 1.23 bits per heavy atom. The van der Waals surface area contributed by atoms with E-state index in [2.05, 4.69) is 5.32 Å². The van der Waals surface area contributed by atoms with Gasteiger partial charge >= 0.3 is 0 Å². The summed E-state index contributed by atoms with van der Waals surface area (Å²) in [4.78, 5) is 12.7. The van der Waals surface area contributed by atoms with E-state index in [4.69, 9.17) is 27.9 Å². The van der Waals surface area contributed by atoms with Crippen molar-refractivity contribution in [1.82, 2.24) is 4.31 Å². The Hall–Kier alpha value is -1.87. The number of carbonyl (C=O) groups excluding carboxylic acids is 1. The van der Waals surface area contributed by atoms with Crippen molar-refractivity contribution in [3.05, 3.63) is 52.3 Å². The van der Waals surface area contributed by atoms with Crippen molar-refractivity contribution >= 4 is 44.8 Å². The minimum atomic E-state index is -3.83. The number of nitrogens with one attached hydrogen (secondary N) is 1. The quantitative estimate of drug-likeness (QED) is 0.664. The number of benzene rings is 2. The summed E-state index contributed by atoms with van der Waals surface area (Å²) >= 11 is 11.9. The standard InChI is InChI=1S/C20H21Cl2FN2O4S/c1-2-29-19-8-6-15(11-17(19)22)30(27,28)25-9-3-4-13(12-25)20(26)24-14-5-7-18(23)16(21)10-14/h5-8,10-11,13H,2-4,9,12H2,1H3,(H,24,26)/t13-/m1/s1. The predicted molar refractivity (Wildman–Crippen MR) is 114 cm³/mol. The normalized spacial score (nSPS) is 17.5. The summed E-state index contributed by atoms with van der Waals surface area (Å²) in [5, 5.41) is 2.78. The molecule has 1 heterocycles. The van der Waals surface area contributed by atoms with Gasteiger partial charge in [0.05, 0.1) is 27.5 Å². The molecule has 0 spiro atoms. The van der Waals surface area contributed by atoms with Crippen molar-refractivity contribution in [2.45, 2.75) is 24.7 Å². The maximum Gasteiger partial charge on any atom is 0.243 e. The largest absolute Gasteiger partial charge is 0.492 e. The second-order valence-corrected chi connectivity index (χ2v) is 9.60. The Morgan fingerprint density at radius 2 is 2.00 bits per heavy atom. The van der Waals surface area contributed by atoms with Crippen molar-refractivity contribution in [2.24, 2.45) is 5.92 Å². The van der Waals surface area contributed by atoms with E-state index >= 15 is 0 Å². The van der Waals surface area contributed by atoms with Gasteiger partial charge in [-0.2, -0.15) is 4.31 Å². The van der Waals surface area contributed by atoms with E-state index in [0.717, 1.165) is 6.07 Å². The number of anilines is 1. The van der Waals surface area contributed by atoms with Gasteiger partial charge in [0.2, 0.25) is 15.9 Å². The van der Waals surface area contributed by atoms with Gasteiger partial charge in [0.1, 0.15) is 11.6 Å². The second kappa shape index (κ2) is 9.51. The molecule has 2 aromatic rings. The zero-order valence-corrected chi connectivity index (χ0v) is 18.5. The van der Waals surface area contributed by atoms with Crippen LogP contribution >= 0.6 is 23.2 Å². The predicted octanol–water partition coefficient (Wildman–Crippen LogP) is 4.57. The number of rotatable bonds is 6. The number of nitrogens with zero attached hydrogens (tertiary/aromatic N) is 1. The molecular formula is C20H21Cl2FN2O4S. The summed E-state index contributed by atoms with van der Waals surface area (Å²) in [6, 6.07) is 8.19. The van der Waals surface area contributed by atoms with E-state index in [0.29, 0.717) is 37.4 Å². The first-order chi connectivity index (χ1) is 14.2. The highest BCUT2D eigenvalue weighted by molar-refractivity contribution is 7.89. The lowest BCUT2D eigenvalue weighted by Crippen LogP contribution is -2.43. The fourth-order valence-corrected chi connectivity index (χ4v) is 5.29. The van der Waals surface area contributed by atoms with Crippen LogP contribution in [-0.2, 0) is 14.8 Å². The monoisotopic (exact) mass is 474 g/mol. The van der Waals surface area contributed by atoms with Crippen molar-refractivity contribution in [3.8, 4) is 5.75 Å². The molecule has 1 aliphatic rings. The Morgan fingerprint density at radius 3 is 2.67 bits per heavy atom. The van der Waals surface area contributed by atoms with Gasteiger partial charge in [-0.25, -0.2) is 12.8 Å². The van der Waals surface area contributed by atoms with Crippen LogP contribution in [0.2, 0.25) is 10.0 Å². The highest BCUT2D eigenvalue weighted by atomic mass is 35.5. The van der Waals surface area contributed by atoms with E-state index < -0.39 is 21.8 Å². The number of amides is 1. The molecule has 1 fully saturated rings. The smallest absolute Gasteiger partial charge is 0.243 e. The minimum absolute atomic E-state index is 0.0356. The lowest BCUT2D eigenvalue weighted by Gasteiger charge is -2.31. The summed E-state index contributed by atoms with van der Waals surface area (Å²) < 4.78 is 46.0. The van der Waals surface area contributed by atoms with Crippen molar-refractivity contribution < 1.29 is 22.3 Å². The third kappa shape index (κ3) is 5.06. The van der Waals surface area contributed by atoms with Gasteiger partial charge in [-0.15, -0.1) is 0 Å². The van der Waals surface area contributed by atoms with Gasteiger partial charge in [0.15, 0.2) is 0 Å². The van der Waals surface area contributed by atoms with Gasteiger partial charge in [-0.1, -0.05) is 23.2 Å². The summed E-state index contributed by atoms with van der Waals surface area (Å²) in [7, 11) is -3.83. The Labute approximate surface area is 185 Å². The van der Waals surface area contributed by atoms with Crippen LogP contribution in [0.1, 0.15) is 19.8 Å². The number of halogens is 3. The van der Waals surface area contributed by atoms with Crippen molar-refractivity contribution in [3.63, 3.8) is 0 Å². The topological polar surface area (TPSA) is 75.7 Å². The van der Waals surface area contributed by atoms with Gasteiger partial charge in [0, 0.05) is 18.8 Å². The van der Waals surface area contributed by atoms with E-state index in [1.165, 1.54) is 34.6 Å². The van der Waals surface area contributed by atoms with Gasteiger partial charge in [-0.05, 0) is 56.2 Å². The Bertz CT molecular complexity index is 1050. The highest BCUT2D eigenvalue weighted by Gasteiger charge is 2.33. The molecule has 0 aliphatic carbocycles. The molecule has 6 nitrogen and oxygen atoms in total. The molecular weight excluding hydrogens is 454 g/mol. The molecule has 1 N–H and O–H groups in total. The third-order valence-corrected chi connectivity index (χ3v) is 7.23. The molecule has 10 heteroatoms. The lowest BCUT2D eigenvalue weighted by molar-refractivity contribution is -0.120. The van der Waals surface area contributed by atoms with E-state index in [1.54, 1.807) is 6.92 Å². The first kappa shape index (κ1) is 22.8. The first-order valence-corrected chi connectivity index (χ1v) is 11.6. The van der Waals surface area contributed by atoms with Crippen LogP contribution in [-0.4, -0.2) is 38.3 Å². The average molecular weight is 475 g/mol. The average Bonchev–Trinajstić information content (AvgIpc) is 2.72. The number of hydrogen-bond donors (Lipinski definition) is 1. The Balaban J connectivity index is 1.73. The number of ether oxygens (including phenoxy) is 1. The molecule has 0 saturated carbocycles. The molecule has 30 heavy (non-hydrogen) atoms. The number of piperidine rings is 1. The van der Waals surface area contributed by atoms with Crippen molar-refractivity contribution in [1.29, 1.82) is 0 Å². The molecule has 0 aromatic heterocycles. The van der Waals surface area contributed by atoms with Gasteiger partial charge in [-0.3, -0.25) is 4.79 Å². The Kier molecular flexibility index (Phi) is 7.23. The minimum Gasteiger partial charge on any atom is -0.492 e. The van der Waals surface area contributed by atoms with E-state index in [9.17, 15) is 17.6 Å². The maximum atomic E-state index is 13.3. The van der Waals surface area contributed by atoms with Gasteiger partial charge < -0.3 is 10.1 Å². The molecule has 2 aromatic carbocycles. The zero-order chi connectivity index (χ0) is 21.9. The molecule has 1 aliphatic heterocycles. The van der Waals surface area contributed by atoms with E-state index in [1.807, 2.05) is 0 Å². The molecule has 0 bridgehead atoms. The van der Waals surface area contributed by atoms with Crippen LogP contribution in [0.5, 0.6) is 5.75 Å². The molecule has 1 saturated heterocycles. The lowest BCUT2D eigenvalue weighted by atomic mass is 9.99. The zero-order valence-electron chi connectivity index (χ0n) is 16.2. The van der Waals surface area contributed by atoms with Crippen LogP contribution < -0.4 is 10.1 Å². The summed E-state index contributed by atoms with van der Waals surface area (Å²) in [5.74, 6) is -1.07. The fourth-order valence-electron chi connectivity index (χ4n) is 3.26. The van der Waals surface area contributed by atoms with Crippen LogP contribution in [0.25, 0.3) is 0 Å². The van der Waals surface area contributed by atoms with Crippen LogP contribution in [0.3, 0.4) is 0 Å². The number of sulfonamides is 1. The number of carbonyl (C=O) groups is 1. The summed E-state index contributed by atoms with van der Waals surface area (Å²) in [5.41, 5.74) is 0.352. The molecule has 0 radical (unpaired) electrons. The summed E-state index contributed by atoms with van der Waals surface area (Å²) in [6.07, 6.45) is 1.07. The fraction of sp³-hybridized carbons (Fsp3) is 0.350. The molecule has 1 amide bonds. The third-order valence-electron chi connectivity index (χ3n) is 4.78. The molecule has 3 rings (SSSR count). The van der Waals surface area contributed by atoms with Crippen LogP contribution in [0.4, 0.5) is 10.1 Å². The first-order valence-electron chi connectivity index (χ1n) is 9.40. The van der Waals surface area contributed by atoms with Crippen LogP contribution in [0, 0.1) is 11.7 Å². The van der Waals surface area contributed by atoms with E-state index in [-0.39, 0.29) is 27.4 Å². The second-order valence-electron chi connectivity index (χ2n) is 6.85. The molecule has 0 unspecified atom stereocenters. The maximum absolute atomic E-state index is 13.3. The van der Waals surface area contributed by atoms with Gasteiger partial charge in [0.25, 0.3) is 0 Å². The highest BCUT2D eigenvalue weighted by Crippen LogP contribution is 2.31. The molecule has 162 valence electrons. The van der Waals surface area contributed by atoms with Crippen molar-refractivity contribution in [2.75, 3.05) is 25.0 Å². The molecule has 1 atom stereocenters. The summed E-state index contributed by atoms with van der Waals surface area (Å²) in [6.45, 7) is 2.56. The SMILES string of the molecule is CCOc1ccc(S(=O)(=O)N2CCC[C@@H](C(=O)Nc3ccc(F)c(Cl)c3)C2)cc1Cl.